The summed E-state index contributed by atoms with van der Waals surface area (Å²) in [6.45, 7) is 1.81. The van der Waals surface area contributed by atoms with Crippen LogP contribution in [0.2, 0.25) is 0 Å². The largest absolute Gasteiger partial charge is 0.376 e. The molecule has 3 heterocycles. The molecule has 1 aliphatic rings. The number of carbonyl (C=O) groups is 1. The molecule has 0 radical (unpaired) electrons. The van der Waals surface area contributed by atoms with Crippen LogP contribution in [0.25, 0.3) is 5.52 Å². The third kappa shape index (κ3) is 3.84. The quantitative estimate of drug-likeness (QED) is 0.879. The first-order chi connectivity index (χ1) is 10.8. The minimum atomic E-state index is -0.119. The van der Waals surface area contributed by atoms with Crippen LogP contribution >= 0.6 is 0 Å². The molecular formula is C16H21N3O3. The van der Waals surface area contributed by atoms with E-state index in [1.165, 1.54) is 6.42 Å². The number of fused-ring (bicyclic) bond motifs is 1. The van der Waals surface area contributed by atoms with Crippen molar-refractivity contribution in [3.05, 3.63) is 36.2 Å². The lowest BCUT2D eigenvalue weighted by atomic mass is 10.1. The van der Waals surface area contributed by atoms with Crippen LogP contribution in [0.15, 0.2) is 30.6 Å². The number of nitrogens with one attached hydrogen (secondary N) is 1. The lowest BCUT2D eigenvalue weighted by Crippen LogP contribution is -2.30. The maximum Gasteiger partial charge on any atom is 0.246 e. The number of pyridine rings is 1. The van der Waals surface area contributed by atoms with E-state index in [9.17, 15) is 4.79 Å². The topological polar surface area (TPSA) is 64.9 Å². The number of rotatable bonds is 6. The van der Waals surface area contributed by atoms with Crippen LogP contribution in [0.3, 0.4) is 0 Å². The number of ether oxygens (including phenoxy) is 2. The van der Waals surface area contributed by atoms with Gasteiger partial charge >= 0.3 is 0 Å². The van der Waals surface area contributed by atoms with Crippen LogP contribution in [0.5, 0.6) is 0 Å². The standard InChI is InChI=1S/C16H21N3O3/c20-16(12-21-11-14-5-2-4-8-22-14)17-9-13-10-18-19-7-3-1-6-15(13)19/h1,3,6-7,10,14H,2,4-5,8-9,11-12H2,(H,17,20). The van der Waals surface area contributed by atoms with Gasteiger partial charge in [0.1, 0.15) is 6.61 Å². The molecule has 1 aliphatic heterocycles. The number of aromatic nitrogens is 2. The molecule has 6 heteroatoms. The van der Waals surface area contributed by atoms with E-state index < -0.39 is 0 Å². The first-order valence-electron chi connectivity index (χ1n) is 7.70. The van der Waals surface area contributed by atoms with Crippen LogP contribution < -0.4 is 5.32 Å². The molecule has 0 saturated carbocycles. The van der Waals surface area contributed by atoms with Gasteiger partial charge in [-0.15, -0.1) is 0 Å². The second kappa shape index (κ2) is 7.38. The van der Waals surface area contributed by atoms with E-state index in [1.54, 1.807) is 10.7 Å². The maximum absolute atomic E-state index is 11.8. The summed E-state index contributed by atoms with van der Waals surface area (Å²) < 4.78 is 12.8. The molecule has 2 aromatic rings. The third-order valence-corrected chi connectivity index (χ3v) is 3.79. The van der Waals surface area contributed by atoms with E-state index in [4.69, 9.17) is 9.47 Å². The Morgan fingerprint density at radius 2 is 2.41 bits per heavy atom. The van der Waals surface area contributed by atoms with Gasteiger partial charge in [-0.3, -0.25) is 4.79 Å². The van der Waals surface area contributed by atoms with Crippen molar-refractivity contribution in [2.75, 3.05) is 19.8 Å². The van der Waals surface area contributed by atoms with Gasteiger partial charge in [0.25, 0.3) is 0 Å². The molecule has 0 spiro atoms. The van der Waals surface area contributed by atoms with Gasteiger partial charge in [0, 0.05) is 24.9 Å². The average Bonchev–Trinajstić information content (AvgIpc) is 2.97. The smallest absolute Gasteiger partial charge is 0.246 e. The van der Waals surface area contributed by atoms with Gasteiger partial charge in [-0.2, -0.15) is 5.10 Å². The molecule has 1 N–H and O–H groups in total. The Hall–Kier alpha value is -1.92. The highest BCUT2D eigenvalue weighted by molar-refractivity contribution is 5.77. The lowest BCUT2D eigenvalue weighted by Gasteiger charge is -2.22. The maximum atomic E-state index is 11.8. The summed E-state index contributed by atoms with van der Waals surface area (Å²) in [5.41, 5.74) is 1.99. The summed E-state index contributed by atoms with van der Waals surface area (Å²) in [6, 6.07) is 5.85. The molecule has 1 atom stereocenters. The van der Waals surface area contributed by atoms with Crippen molar-refractivity contribution >= 4 is 11.4 Å². The van der Waals surface area contributed by atoms with Gasteiger partial charge in [-0.25, -0.2) is 4.52 Å². The summed E-state index contributed by atoms with van der Waals surface area (Å²) in [4.78, 5) is 11.8. The summed E-state index contributed by atoms with van der Waals surface area (Å²) >= 11 is 0. The third-order valence-electron chi connectivity index (χ3n) is 3.79. The molecule has 2 aromatic heterocycles. The predicted octanol–water partition coefficient (Wildman–Crippen LogP) is 1.54. The molecular weight excluding hydrogens is 282 g/mol. The van der Waals surface area contributed by atoms with Gasteiger partial charge in [-0.1, -0.05) is 6.07 Å². The summed E-state index contributed by atoms with van der Waals surface area (Å²) in [5.74, 6) is -0.119. The monoisotopic (exact) mass is 303 g/mol. The van der Waals surface area contributed by atoms with E-state index in [-0.39, 0.29) is 18.6 Å². The zero-order chi connectivity index (χ0) is 15.2. The van der Waals surface area contributed by atoms with Crippen molar-refractivity contribution < 1.29 is 14.3 Å². The van der Waals surface area contributed by atoms with Crippen molar-refractivity contribution in [3.8, 4) is 0 Å². The van der Waals surface area contributed by atoms with Gasteiger partial charge < -0.3 is 14.8 Å². The first kappa shape index (κ1) is 15.0. The minimum Gasteiger partial charge on any atom is -0.376 e. The van der Waals surface area contributed by atoms with Gasteiger partial charge in [0.2, 0.25) is 5.91 Å². The van der Waals surface area contributed by atoms with E-state index in [0.717, 1.165) is 30.5 Å². The Kier molecular flexibility index (Phi) is 5.03. The second-order valence-corrected chi connectivity index (χ2v) is 5.48. The van der Waals surface area contributed by atoms with Crippen molar-refractivity contribution in [2.24, 2.45) is 0 Å². The van der Waals surface area contributed by atoms with Crippen LogP contribution in [-0.2, 0) is 20.8 Å². The van der Waals surface area contributed by atoms with Crippen LogP contribution in [-0.4, -0.2) is 41.4 Å². The molecule has 0 aliphatic carbocycles. The average molecular weight is 303 g/mol. The Balaban J connectivity index is 1.40. The molecule has 0 bridgehead atoms. The summed E-state index contributed by atoms with van der Waals surface area (Å²) in [5, 5.41) is 7.09. The number of amides is 1. The number of hydrogen-bond donors (Lipinski definition) is 1. The van der Waals surface area contributed by atoms with Crippen molar-refractivity contribution in [1.29, 1.82) is 0 Å². The van der Waals surface area contributed by atoms with E-state index in [1.807, 2.05) is 24.4 Å². The minimum absolute atomic E-state index is 0.0685. The van der Waals surface area contributed by atoms with Crippen molar-refractivity contribution in [3.63, 3.8) is 0 Å². The highest BCUT2D eigenvalue weighted by Crippen LogP contribution is 2.12. The molecule has 22 heavy (non-hydrogen) atoms. The molecule has 1 amide bonds. The van der Waals surface area contributed by atoms with Gasteiger partial charge in [-0.05, 0) is 31.4 Å². The van der Waals surface area contributed by atoms with E-state index >= 15 is 0 Å². The fourth-order valence-electron chi connectivity index (χ4n) is 2.59. The Labute approximate surface area is 129 Å². The van der Waals surface area contributed by atoms with Crippen molar-refractivity contribution in [1.82, 2.24) is 14.9 Å². The lowest BCUT2D eigenvalue weighted by molar-refractivity contribution is -0.128. The van der Waals surface area contributed by atoms with E-state index in [2.05, 4.69) is 10.4 Å². The molecule has 6 nitrogen and oxygen atoms in total. The fourth-order valence-corrected chi connectivity index (χ4v) is 2.59. The fraction of sp³-hybridized carbons (Fsp3) is 0.500. The molecule has 1 fully saturated rings. The predicted molar refractivity (Wildman–Crippen MR) is 81.4 cm³/mol. The number of hydrogen-bond acceptors (Lipinski definition) is 4. The van der Waals surface area contributed by atoms with Crippen molar-refractivity contribution in [2.45, 2.75) is 31.9 Å². The van der Waals surface area contributed by atoms with E-state index in [0.29, 0.717) is 13.2 Å². The highest BCUT2D eigenvalue weighted by atomic mass is 16.5. The molecule has 1 saturated heterocycles. The second-order valence-electron chi connectivity index (χ2n) is 5.48. The Morgan fingerprint density at radius 1 is 1.45 bits per heavy atom. The summed E-state index contributed by atoms with van der Waals surface area (Å²) in [6.07, 6.45) is 7.11. The molecule has 3 rings (SSSR count). The first-order valence-corrected chi connectivity index (χ1v) is 7.70. The number of carbonyl (C=O) groups excluding carboxylic acids is 1. The normalized spacial score (nSPS) is 18.5. The van der Waals surface area contributed by atoms with Crippen LogP contribution in [0.1, 0.15) is 24.8 Å². The Bertz CT molecular complexity index is 620. The SMILES string of the molecule is O=C(COCC1CCCCO1)NCc1cnn2ccccc12. The zero-order valence-electron chi connectivity index (χ0n) is 12.5. The van der Waals surface area contributed by atoms with Gasteiger partial charge in [0.15, 0.2) is 0 Å². The molecule has 0 aromatic carbocycles. The molecule has 118 valence electrons. The molecule has 1 unspecified atom stereocenters. The Morgan fingerprint density at radius 3 is 3.27 bits per heavy atom. The zero-order valence-corrected chi connectivity index (χ0v) is 12.5. The summed E-state index contributed by atoms with van der Waals surface area (Å²) in [7, 11) is 0. The number of nitrogens with zero attached hydrogens (tertiary/aromatic N) is 2. The van der Waals surface area contributed by atoms with Gasteiger partial charge in [0.05, 0.1) is 24.4 Å². The highest BCUT2D eigenvalue weighted by Gasteiger charge is 2.14. The van der Waals surface area contributed by atoms with Crippen LogP contribution in [0.4, 0.5) is 0 Å². The van der Waals surface area contributed by atoms with Crippen LogP contribution in [0, 0.1) is 0 Å².